The van der Waals surface area contributed by atoms with E-state index in [1.807, 2.05) is 24.3 Å². The third-order valence-electron chi connectivity index (χ3n) is 2.93. The molecule has 1 rings (SSSR count). The van der Waals surface area contributed by atoms with Gasteiger partial charge in [0.05, 0.1) is 13.2 Å². The molecule has 0 aliphatic rings. The topological polar surface area (TPSA) is 72.8 Å². The Kier molecular flexibility index (Phi) is 7.94. The Balaban J connectivity index is 2.25. The monoisotopic (exact) mass is 294 g/mol. The van der Waals surface area contributed by atoms with E-state index in [9.17, 15) is 9.59 Å². The van der Waals surface area contributed by atoms with Crippen LogP contribution in [0.1, 0.15) is 38.2 Å². The first-order valence-corrected chi connectivity index (χ1v) is 7.15. The van der Waals surface area contributed by atoms with Crippen LogP contribution in [-0.4, -0.2) is 30.3 Å². The van der Waals surface area contributed by atoms with Gasteiger partial charge in [-0.05, 0) is 37.3 Å². The van der Waals surface area contributed by atoms with Crippen LogP contribution >= 0.6 is 0 Å². The number of para-hydroxylation sites is 1. The van der Waals surface area contributed by atoms with Crippen molar-refractivity contribution >= 4 is 11.9 Å². The van der Waals surface area contributed by atoms with Crippen LogP contribution in [-0.2, 0) is 20.7 Å². The zero-order valence-electron chi connectivity index (χ0n) is 12.3. The lowest BCUT2D eigenvalue weighted by molar-refractivity contribution is -0.141. The molecule has 0 aliphatic carbocycles. The quantitative estimate of drug-likeness (QED) is 0.530. The average Bonchev–Trinajstić information content (AvgIpc) is 2.44. The highest BCUT2D eigenvalue weighted by molar-refractivity contribution is 5.67. The lowest BCUT2D eigenvalue weighted by atomic mass is 10.1. The normalized spacial score (nSPS) is 10.1. The number of hydrogen-bond acceptors (Lipinski definition) is 4. The van der Waals surface area contributed by atoms with Gasteiger partial charge in [0.2, 0.25) is 0 Å². The molecule has 0 saturated carbocycles. The number of carboxylic acids is 1. The number of benzene rings is 1. The predicted molar refractivity (Wildman–Crippen MR) is 78.4 cm³/mol. The summed E-state index contributed by atoms with van der Waals surface area (Å²) in [6.45, 7) is 2.42. The molecule has 0 bridgehead atoms. The number of carbonyl (C=O) groups is 2. The fraction of sp³-hybridized carbons (Fsp3) is 0.500. The van der Waals surface area contributed by atoms with E-state index in [2.05, 4.69) is 0 Å². The number of aryl methyl sites for hydroxylation is 1. The van der Waals surface area contributed by atoms with Crippen LogP contribution in [0.2, 0.25) is 0 Å². The molecule has 1 aromatic carbocycles. The van der Waals surface area contributed by atoms with Crippen molar-refractivity contribution in [1.29, 1.82) is 0 Å². The number of carboxylic acid groups (broad SMARTS) is 1. The molecule has 1 aromatic rings. The zero-order valence-corrected chi connectivity index (χ0v) is 12.3. The van der Waals surface area contributed by atoms with Crippen molar-refractivity contribution in [1.82, 2.24) is 0 Å². The Bertz CT molecular complexity index is 456. The molecule has 1 N–H and O–H groups in total. The van der Waals surface area contributed by atoms with E-state index in [1.54, 1.807) is 0 Å². The van der Waals surface area contributed by atoms with E-state index in [1.165, 1.54) is 6.92 Å². The van der Waals surface area contributed by atoms with Crippen molar-refractivity contribution in [3.63, 3.8) is 0 Å². The van der Waals surface area contributed by atoms with Gasteiger partial charge < -0.3 is 14.6 Å². The van der Waals surface area contributed by atoms with Gasteiger partial charge in [-0.3, -0.25) is 9.59 Å². The van der Waals surface area contributed by atoms with E-state index in [-0.39, 0.29) is 12.4 Å². The maximum Gasteiger partial charge on any atom is 0.303 e. The Hall–Kier alpha value is -2.04. The molecule has 0 fully saturated rings. The second-order valence-corrected chi connectivity index (χ2v) is 4.75. The van der Waals surface area contributed by atoms with Gasteiger partial charge in [0.1, 0.15) is 5.75 Å². The minimum atomic E-state index is -0.810. The summed E-state index contributed by atoms with van der Waals surface area (Å²) in [6, 6.07) is 7.50. The first-order chi connectivity index (χ1) is 10.1. The Labute approximate surface area is 124 Å². The van der Waals surface area contributed by atoms with Crippen molar-refractivity contribution in [2.75, 3.05) is 13.2 Å². The summed E-state index contributed by atoms with van der Waals surface area (Å²) in [5, 5.41) is 8.72. The summed E-state index contributed by atoms with van der Waals surface area (Å²) < 4.78 is 10.5. The number of hydrogen-bond donors (Lipinski definition) is 1. The van der Waals surface area contributed by atoms with E-state index < -0.39 is 5.97 Å². The van der Waals surface area contributed by atoms with Crippen LogP contribution in [0, 0.1) is 0 Å². The van der Waals surface area contributed by atoms with Crippen molar-refractivity contribution < 1.29 is 24.2 Å². The van der Waals surface area contributed by atoms with Gasteiger partial charge in [-0.1, -0.05) is 18.2 Å². The Morgan fingerprint density at radius 1 is 1.10 bits per heavy atom. The molecule has 116 valence electrons. The highest BCUT2D eigenvalue weighted by atomic mass is 16.5. The van der Waals surface area contributed by atoms with Crippen molar-refractivity contribution in [2.45, 2.75) is 39.0 Å². The number of unbranched alkanes of at least 4 members (excludes halogenated alkanes) is 2. The SMILES string of the molecule is CC(=O)OCCCCCOc1ccccc1CCC(=O)O. The van der Waals surface area contributed by atoms with Gasteiger partial charge in [0.15, 0.2) is 0 Å². The maximum atomic E-state index is 10.6. The van der Waals surface area contributed by atoms with Crippen LogP contribution in [0.3, 0.4) is 0 Å². The molecule has 21 heavy (non-hydrogen) atoms. The number of carbonyl (C=O) groups excluding carboxylic acids is 1. The predicted octanol–water partition coefficient (Wildman–Crippen LogP) is 2.82. The van der Waals surface area contributed by atoms with Crippen LogP contribution in [0.15, 0.2) is 24.3 Å². The fourth-order valence-electron chi connectivity index (χ4n) is 1.87. The Morgan fingerprint density at radius 3 is 2.52 bits per heavy atom. The third kappa shape index (κ3) is 7.97. The van der Waals surface area contributed by atoms with Gasteiger partial charge in [0, 0.05) is 13.3 Å². The second kappa shape index (κ2) is 9.80. The fourth-order valence-corrected chi connectivity index (χ4v) is 1.87. The summed E-state index contributed by atoms with van der Waals surface area (Å²) in [7, 11) is 0. The number of ether oxygens (including phenoxy) is 2. The van der Waals surface area contributed by atoms with Crippen LogP contribution in [0.5, 0.6) is 5.75 Å². The zero-order chi connectivity index (χ0) is 15.5. The van der Waals surface area contributed by atoms with Gasteiger partial charge >= 0.3 is 11.9 Å². The van der Waals surface area contributed by atoms with E-state index in [0.29, 0.717) is 19.6 Å². The molecule has 0 saturated heterocycles. The summed E-state index contributed by atoms with van der Waals surface area (Å²) in [6.07, 6.45) is 3.18. The number of aliphatic carboxylic acids is 1. The minimum absolute atomic E-state index is 0.1000. The standard InChI is InChI=1S/C16H22O5/c1-13(17)20-11-5-2-6-12-21-15-8-4-3-7-14(15)9-10-16(18)19/h3-4,7-8H,2,5-6,9-12H2,1H3,(H,18,19). The number of esters is 1. The Morgan fingerprint density at radius 2 is 1.81 bits per heavy atom. The molecule has 0 amide bonds. The largest absolute Gasteiger partial charge is 0.493 e. The van der Waals surface area contributed by atoms with Crippen LogP contribution in [0.4, 0.5) is 0 Å². The average molecular weight is 294 g/mol. The lowest BCUT2D eigenvalue weighted by Crippen LogP contribution is -2.04. The van der Waals surface area contributed by atoms with E-state index in [4.69, 9.17) is 14.6 Å². The maximum absolute atomic E-state index is 10.6. The van der Waals surface area contributed by atoms with Crippen LogP contribution in [0.25, 0.3) is 0 Å². The van der Waals surface area contributed by atoms with Crippen molar-refractivity contribution in [2.24, 2.45) is 0 Å². The molecule has 5 heteroatoms. The summed E-state index contributed by atoms with van der Waals surface area (Å²) in [5.74, 6) is -0.312. The molecule has 0 atom stereocenters. The van der Waals surface area contributed by atoms with Gasteiger partial charge in [-0.15, -0.1) is 0 Å². The molecule has 0 aliphatic heterocycles. The molecule has 0 heterocycles. The molecule has 0 unspecified atom stereocenters. The summed E-state index contributed by atoms with van der Waals surface area (Å²) in [4.78, 5) is 21.2. The van der Waals surface area contributed by atoms with Gasteiger partial charge in [-0.25, -0.2) is 0 Å². The molecule has 0 radical (unpaired) electrons. The minimum Gasteiger partial charge on any atom is -0.493 e. The molecule has 5 nitrogen and oxygen atoms in total. The molecule has 0 spiro atoms. The lowest BCUT2D eigenvalue weighted by Gasteiger charge is -2.10. The highest BCUT2D eigenvalue weighted by Gasteiger charge is 2.05. The first-order valence-electron chi connectivity index (χ1n) is 7.15. The first kappa shape index (κ1) is 17.0. The summed E-state index contributed by atoms with van der Waals surface area (Å²) >= 11 is 0. The summed E-state index contributed by atoms with van der Waals surface area (Å²) in [5.41, 5.74) is 0.916. The smallest absolute Gasteiger partial charge is 0.303 e. The molecular formula is C16H22O5. The van der Waals surface area contributed by atoms with Gasteiger partial charge in [0.25, 0.3) is 0 Å². The van der Waals surface area contributed by atoms with Crippen molar-refractivity contribution in [3.05, 3.63) is 29.8 Å². The van der Waals surface area contributed by atoms with E-state index in [0.717, 1.165) is 30.6 Å². The van der Waals surface area contributed by atoms with Crippen molar-refractivity contribution in [3.8, 4) is 5.75 Å². The third-order valence-corrected chi connectivity index (χ3v) is 2.93. The second-order valence-electron chi connectivity index (χ2n) is 4.75. The van der Waals surface area contributed by atoms with Gasteiger partial charge in [-0.2, -0.15) is 0 Å². The number of rotatable bonds is 10. The highest BCUT2D eigenvalue weighted by Crippen LogP contribution is 2.20. The van der Waals surface area contributed by atoms with Crippen LogP contribution < -0.4 is 4.74 Å². The molecule has 0 aromatic heterocycles. The van der Waals surface area contributed by atoms with E-state index >= 15 is 0 Å². The molecular weight excluding hydrogens is 272 g/mol.